The number of benzene rings is 8. The molecule has 0 spiro atoms. The first-order valence-corrected chi connectivity index (χ1v) is 20.2. The van der Waals surface area contributed by atoms with Crippen LogP contribution in [0.4, 0.5) is 0 Å². The van der Waals surface area contributed by atoms with Crippen molar-refractivity contribution >= 4 is 43.6 Å². The maximum absolute atomic E-state index is 5.44. The van der Waals surface area contributed by atoms with Gasteiger partial charge in [0, 0.05) is 43.8 Å². The third kappa shape index (κ3) is 4.95. The third-order valence-corrected chi connectivity index (χ3v) is 12.4. The Morgan fingerprint density at radius 2 is 0.932 bits per heavy atom. The minimum atomic E-state index is -0.152. The van der Waals surface area contributed by atoms with E-state index in [2.05, 4.69) is 193 Å². The summed E-state index contributed by atoms with van der Waals surface area (Å²) in [4.78, 5) is 16.0. The number of hydrogen-bond donors (Lipinski definition) is 0. The largest absolute Gasteiger partial charge is 0.309 e. The molecule has 0 atom stereocenters. The van der Waals surface area contributed by atoms with E-state index in [0.717, 1.165) is 44.3 Å². The van der Waals surface area contributed by atoms with Crippen LogP contribution in [0, 0.1) is 0 Å². The van der Waals surface area contributed by atoms with Crippen molar-refractivity contribution in [3.63, 3.8) is 0 Å². The smallest absolute Gasteiger partial charge is 0.238 e. The molecule has 278 valence electrons. The highest BCUT2D eigenvalue weighted by Crippen LogP contribution is 2.52. The summed E-state index contributed by atoms with van der Waals surface area (Å²) < 4.78 is 4.65. The molecule has 0 bridgehead atoms. The van der Waals surface area contributed by atoms with E-state index in [9.17, 15) is 0 Å². The number of hydrogen-bond acceptors (Lipinski definition) is 3. The van der Waals surface area contributed by atoms with Gasteiger partial charge in [-0.2, -0.15) is 9.97 Å². The monoisotopic (exact) mass is 755 g/mol. The second-order valence-corrected chi connectivity index (χ2v) is 16.0. The second kappa shape index (κ2) is 12.7. The van der Waals surface area contributed by atoms with Crippen LogP contribution in [0.5, 0.6) is 0 Å². The number of para-hydroxylation sites is 2. The van der Waals surface area contributed by atoms with Gasteiger partial charge >= 0.3 is 0 Å². The van der Waals surface area contributed by atoms with Gasteiger partial charge in [0.1, 0.15) is 0 Å². The van der Waals surface area contributed by atoms with Crippen LogP contribution in [0.3, 0.4) is 0 Å². The fraction of sp³-hybridized carbons (Fsp3) is 0.0556. The van der Waals surface area contributed by atoms with E-state index in [1.54, 1.807) is 0 Å². The van der Waals surface area contributed by atoms with E-state index in [0.29, 0.717) is 17.6 Å². The molecule has 12 rings (SSSR count). The average molecular weight is 756 g/mol. The molecular formula is C54H37N5. The van der Waals surface area contributed by atoms with Crippen LogP contribution in [-0.2, 0) is 5.41 Å². The van der Waals surface area contributed by atoms with Gasteiger partial charge in [0.05, 0.1) is 22.1 Å². The van der Waals surface area contributed by atoms with Gasteiger partial charge in [0.25, 0.3) is 0 Å². The summed E-state index contributed by atoms with van der Waals surface area (Å²) in [6, 6.07) is 67.0. The Morgan fingerprint density at radius 3 is 1.68 bits per heavy atom. The number of nitrogens with zero attached hydrogens (tertiary/aromatic N) is 5. The summed E-state index contributed by atoms with van der Waals surface area (Å²) in [5.41, 5.74) is 14.7. The molecule has 3 heterocycles. The molecule has 8 aromatic carbocycles. The molecular weight excluding hydrogens is 719 g/mol. The van der Waals surface area contributed by atoms with Gasteiger partial charge in [-0.25, -0.2) is 4.98 Å². The van der Waals surface area contributed by atoms with Gasteiger partial charge in [0.15, 0.2) is 11.6 Å². The molecule has 0 amide bonds. The molecule has 3 aromatic heterocycles. The topological polar surface area (TPSA) is 48.5 Å². The molecule has 0 fully saturated rings. The van der Waals surface area contributed by atoms with E-state index in [-0.39, 0.29) is 5.41 Å². The lowest BCUT2D eigenvalue weighted by molar-refractivity contribution is 0.660. The quantitative estimate of drug-likeness (QED) is 0.176. The maximum atomic E-state index is 5.44. The molecule has 0 unspecified atom stereocenters. The first-order valence-electron chi connectivity index (χ1n) is 20.2. The van der Waals surface area contributed by atoms with Crippen molar-refractivity contribution in [1.29, 1.82) is 0 Å². The molecule has 59 heavy (non-hydrogen) atoms. The maximum Gasteiger partial charge on any atom is 0.238 e. The van der Waals surface area contributed by atoms with Crippen LogP contribution >= 0.6 is 0 Å². The number of aromatic nitrogens is 5. The predicted molar refractivity (Wildman–Crippen MR) is 242 cm³/mol. The lowest BCUT2D eigenvalue weighted by atomic mass is 9.82. The van der Waals surface area contributed by atoms with Crippen molar-refractivity contribution in [2.45, 2.75) is 19.3 Å². The van der Waals surface area contributed by atoms with E-state index in [1.165, 1.54) is 49.5 Å². The Bertz CT molecular complexity index is 3470. The Labute approximate surface area is 341 Å². The van der Waals surface area contributed by atoms with Crippen molar-refractivity contribution in [2.24, 2.45) is 0 Å². The van der Waals surface area contributed by atoms with Crippen LogP contribution in [0.1, 0.15) is 25.0 Å². The Kier molecular flexibility index (Phi) is 7.20. The molecule has 1 aliphatic carbocycles. The predicted octanol–water partition coefficient (Wildman–Crippen LogP) is 13.4. The summed E-state index contributed by atoms with van der Waals surface area (Å²) in [5.74, 6) is 1.87. The third-order valence-electron chi connectivity index (χ3n) is 12.4. The molecule has 0 saturated heterocycles. The fourth-order valence-corrected chi connectivity index (χ4v) is 9.71. The summed E-state index contributed by atoms with van der Waals surface area (Å²) in [6.45, 7) is 4.62. The summed E-state index contributed by atoms with van der Waals surface area (Å²) in [7, 11) is 0. The SMILES string of the molecule is CC1(C)c2ccccc2-c2c(-c3nc(-c4ccccc4)nc(-n4c5ccccc5c5c6c7ccccc7n(-c7cccc(-c8ccccc8)c7)c6ccc54)n3)cccc21. The van der Waals surface area contributed by atoms with E-state index < -0.39 is 0 Å². The highest BCUT2D eigenvalue weighted by Gasteiger charge is 2.37. The van der Waals surface area contributed by atoms with E-state index >= 15 is 0 Å². The number of fused-ring (bicyclic) bond motifs is 10. The summed E-state index contributed by atoms with van der Waals surface area (Å²) in [5, 5.41) is 4.72. The van der Waals surface area contributed by atoms with Crippen molar-refractivity contribution in [1.82, 2.24) is 24.1 Å². The van der Waals surface area contributed by atoms with Crippen LogP contribution in [0.15, 0.2) is 188 Å². The van der Waals surface area contributed by atoms with Crippen LogP contribution in [-0.4, -0.2) is 24.1 Å². The molecule has 0 aliphatic heterocycles. The zero-order valence-corrected chi connectivity index (χ0v) is 32.6. The molecule has 1 aliphatic rings. The van der Waals surface area contributed by atoms with Crippen molar-refractivity contribution in [3.8, 4) is 56.7 Å². The summed E-state index contributed by atoms with van der Waals surface area (Å²) in [6.07, 6.45) is 0. The van der Waals surface area contributed by atoms with Gasteiger partial charge in [-0.1, -0.05) is 166 Å². The highest BCUT2D eigenvalue weighted by atomic mass is 15.2. The zero-order valence-electron chi connectivity index (χ0n) is 32.6. The van der Waals surface area contributed by atoms with Crippen LogP contribution in [0.2, 0.25) is 0 Å². The van der Waals surface area contributed by atoms with E-state index in [1.807, 2.05) is 18.2 Å². The normalized spacial score (nSPS) is 13.1. The first kappa shape index (κ1) is 33.5. The lowest BCUT2D eigenvalue weighted by Crippen LogP contribution is -2.14. The van der Waals surface area contributed by atoms with Crippen LogP contribution in [0.25, 0.3) is 100 Å². The Hall–Kier alpha value is -7.63. The van der Waals surface area contributed by atoms with Crippen molar-refractivity contribution in [3.05, 3.63) is 199 Å². The van der Waals surface area contributed by atoms with E-state index in [4.69, 9.17) is 15.0 Å². The van der Waals surface area contributed by atoms with Gasteiger partial charge < -0.3 is 4.57 Å². The van der Waals surface area contributed by atoms with Crippen LogP contribution < -0.4 is 0 Å². The molecule has 0 radical (unpaired) electrons. The molecule has 5 nitrogen and oxygen atoms in total. The second-order valence-electron chi connectivity index (χ2n) is 16.0. The standard InChI is InChI=1S/C54H37N5/c1-54(2)42-27-12-9-23-38(42)48-41(26-16-28-43(48)54)52-55-51(35-19-7-4-8-20-35)56-53(57-52)59-45-30-14-11-25-40(45)50-47(59)32-31-46-49(50)39-24-10-13-29-44(39)58(46)37-22-15-21-36(33-37)34-17-5-3-6-18-34/h3-33H,1-2H3. The molecule has 0 N–H and O–H groups in total. The summed E-state index contributed by atoms with van der Waals surface area (Å²) >= 11 is 0. The lowest BCUT2D eigenvalue weighted by Gasteiger charge is -2.21. The van der Waals surface area contributed by atoms with Gasteiger partial charge in [-0.05, 0) is 69.8 Å². The molecule has 11 aromatic rings. The van der Waals surface area contributed by atoms with Gasteiger partial charge in [-0.15, -0.1) is 0 Å². The molecule has 5 heteroatoms. The van der Waals surface area contributed by atoms with Crippen molar-refractivity contribution < 1.29 is 0 Å². The minimum absolute atomic E-state index is 0.152. The highest BCUT2D eigenvalue weighted by molar-refractivity contribution is 6.28. The molecule has 0 saturated carbocycles. The fourth-order valence-electron chi connectivity index (χ4n) is 9.71. The van der Waals surface area contributed by atoms with Gasteiger partial charge in [0.2, 0.25) is 5.95 Å². The average Bonchev–Trinajstić information content (AvgIpc) is 3.90. The minimum Gasteiger partial charge on any atom is -0.309 e. The zero-order chi connectivity index (χ0) is 39.2. The Balaban J connectivity index is 1.14. The van der Waals surface area contributed by atoms with Crippen molar-refractivity contribution in [2.75, 3.05) is 0 Å². The number of rotatable bonds is 5. The van der Waals surface area contributed by atoms with Gasteiger partial charge in [-0.3, -0.25) is 4.57 Å². The Morgan fingerprint density at radius 1 is 0.390 bits per heavy atom. The first-order chi connectivity index (χ1) is 29.0.